The molecule has 0 aliphatic rings. The molecule has 0 saturated heterocycles. The van der Waals surface area contributed by atoms with E-state index < -0.39 is 33.3 Å². The van der Waals surface area contributed by atoms with Crippen LogP contribution in [0, 0.1) is 11.6 Å². The van der Waals surface area contributed by atoms with E-state index in [1.54, 1.807) is 13.8 Å². The van der Waals surface area contributed by atoms with Crippen molar-refractivity contribution in [1.82, 2.24) is 10.0 Å². The smallest absolute Gasteiger partial charge is 0.209 e. The first-order valence-corrected chi connectivity index (χ1v) is 8.22. The van der Waals surface area contributed by atoms with Crippen LogP contribution in [0.5, 0.6) is 0 Å². The third kappa shape index (κ3) is 6.47. The third-order valence-corrected chi connectivity index (χ3v) is 3.61. The molecular formula is C13H20F2N2O3S. The van der Waals surface area contributed by atoms with Crippen molar-refractivity contribution in [2.24, 2.45) is 0 Å². The highest BCUT2D eigenvalue weighted by Gasteiger charge is 2.22. The molecule has 1 atom stereocenters. The molecule has 0 aromatic heterocycles. The monoisotopic (exact) mass is 322 g/mol. The highest BCUT2D eigenvalue weighted by atomic mass is 32.2. The largest absolute Gasteiger partial charge is 0.387 e. The summed E-state index contributed by atoms with van der Waals surface area (Å²) in [4.78, 5) is 0. The maximum absolute atomic E-state index is 13.5. The van der Waals surface area contributed by atoms with Crippen molar-refractivity contribution in [2.45, 2.75) is 25.5 Å². The van der Waals surface area contributed by atoms with Crippen LogP contribution in [0.25, 0.3) is 0 Å². The molecule has 1 rings (SSSR count). The van der Waals surface area contributed by atoms with E-state index >= 15 is 0 Å². The fourth-order valence-electron chi connectivity index (χ4n) is 1.94. The summed E-state index contributed by atoms with van der Waals surface area (Å²) >= 11 is 0. The highest BCUT2D eigenvalue weighted by molar-refractivity contribution is 7.88. The first-order valence-electron chi connectivity index (χ1n) is 6.33. The number of aliphatic hydroxyl groups excluding tert-OH is 1. The molecule has 0 spiro atoms. The summed E-state index contributed by atoms with van der Waals surface area (Å²) in [6.07, 6.45) is -0.180. The van der Waals surface area contributed by atoms with E-state index in [4.69, 9.17) is 0 Å². The van der Waals surface area contributed by atoms with Gasteiger partial charge in [0.05, 0.1) is 12.4 Å². The van der Waals surface area contributed by atoms with E-state index in [1.165, 1.54) is 0 Å². The molecule has 0 fully saturated rings. The lowest BCUT2D eigenvalue weighted by Gasteiger charge is -2.26. The lowest BCUT2D eigenvalue weighted by molar-refractivity contribution is 0.167. The Morgan fingerprint density at radius 2 is 1.95 bits per heavy atom. The zero-order valence-electron chi connectivity index (χ0n) is 12.2. The zero-order valence-corrected chi connectivity index (χ0v) is 13.0. The van der Waals surface area contributed by atoms with Crippen molar-refractivity contribution in [1.29, 1.82) is 0 Å². The van der Waals surface area contributed by atoms with Crippen LogP contribution in [0.1, 0.15) is 25.5 Å². The first kappa shape index (κ1) is 18.0. The van der Waals surface area contributed by atoms with Gasteiger partial charge in [0, 0.05) is 24.2 Å². The van der Waals surface area contributed by atoms with Gasteiger partial charge in [-0.15, -0.1) is 0 Å². The molecule has 1 unspecified atom stereocenters. The van der Waals surface area contributed by atoms with E-state index in [2.05, 4.69) is 10.0 Å². The van der Waals surface area contributed by atoms with Crippen LogP contribution < -0.4 is 10.0 Å². The second-order valence-electron chi connectivity index (χ2n) is 5.57. The molecule has 0 aliphatic carbocycles. The number of rotatable bonds is 7. The fraction of sp³-hybridized carbons (Fsp3) is 0.538. The first-order chi connectivity index (χ1) is 9.50. The number of halogens is 2. The van der Waals surface area contributed by atoms with Crippen LogP contribution in [0.4, 0.5) is 8.78 Å². The minimum atomic E-state index is -3.36. The minimum absolute atomic E-state index is 0.0325. The molecule has 0 heterocycles. The van der Waals surface area contributed by atoms with Crippen LogP contribution in [-0.2, 0) is 10.0 Å². The summed E-state index contributed by atoms with van der Waals surface area (Å²) < 4.78 is 51.2. The number of hydrogen-bond donors (Lipinski definition) is 3. The van der Waals surface area contributed by atoms with Gasteiger partial charge >= 0.3 is 0 Å². The van der Waals surface area contributed by atoms with Crippen LogP contribution in [0.3, 0.4) is 0 Å². The Morgan fingerprint density at radius 1 is 1.33 bits per heavy atom. The van der Waals surface area contributed by atoms with Gasteiger partial charge in [-0.3, -0.25) is 0 Å². The summed E-state index contributed by atoms with van der Waals surface area (Å²) in [5.74, 6) is -1.33. The number of benzene rings is 1. The third-order valence-electron chi connectivity index (χ3n) is 2.68. The lowest BCUT2D eigenvalue weighted by atomic mass is 10.1. The van der Waals surface area contributed by atoms with Gasteiger partial charge in [0.15, 0.2) is 0 Å². The van der Waals surface area contributed by atoms with Gasteiger partial charge in [-0.05, 0) is 32.0 Å². The fourth-order valence-corrected chi connectivity index (χ4v) is 3.02. The summed E-state index contributed by atoms with van der Waals surface area (Å²) in [6, 6.07) is 2.85. The average Bonchev–Trinajstić information content (AvgIpc) is 2.28. The summed E-state index contributed by atoms with van der Waals surface area (Å²) in [5, 5.41) is 12.7. The van der Waals surface area contributed by atoms with Crippen molar-refractivity contribution in [2.75, 3.05) is 19.3 Å². The molecule has 0 aliphatic heterocycles. The van der Waals surface area contributed by atoms with Crippen LogP contribution in [0.2, 0.25) is 0 Å². The molecule has 1 aromatic carbocycles. The molecular weight excluding hydrogens is 302 g/mol. The van der Waals surface area contributed by atoms with Crippen molar-refractivity contribution in [3.8, 4) is 0 Å². The van der Waals surface area contributed by atoms with Gasteiger partial charge in [-0.25, -0.2) is 21.9 Å². The second kappa shape index (κ2) is 6.78. The lowest BCUT2D eigenvalue weighted by Crippen LogP contribution is -2.50. The second-order valence-corrected chi connectivity index (χ2v) is 7.32. The molecule has 1 aromatic rings. The van der Waals surface area contributed by atoms with Crippen molar-refractivity contribution in [3.63, 3.8) is 0 Å². The topological polar surface area (TPSA) is 78.4 Å². The standard InChI is InChI=1S/C13H20F2N2O3S/c1-13(2,17-21(3,19)20)8-16-7-12(18)10-6-9(14)4-5-11(10)15/h4-6,12,16-18H,7-8H2,1-3H3. The van der Waals surface area contributed by atoms with Crippen molar-refractivity contribution < 1.29 is 22.3 Å². The van der Waals surface area contributed by atoms with E-state index in [0.29, 0.717) is 0 Å². The molecule has 120 valence electrons. The number of aliphatic hydroxyl groups is 1. The predicted octanol–water partition coefficient (Wildman–Crippen LogP) is 0.916. The molecule has 21 heavy (non-hydrogen) atoms. The Kier molecular flexibility index (Phi) is 5.80. The predicted molar refractivity (Wildman–Crippen MR) is 76.2 cm³/mol. The van der Waals surface area contributed by atoms with Crippen molar-refractivity contribution >= 4 is 10.0 Å². The number of sulfonamides is 1. The van der Waals surface area contributed by atoms with Gasteiger partial charge in [-0.1, -0.05) is 0 Å². The maximum Gasteiger partial charge on any atom is 0.209 e. The molecule has 8 heteroatoms. The van der Waals surface area contributed by atoms with Crippen molar-refractivity contribution in [3.05, 3.63) is 35.4 Å². The normalized spacial score (nSPS) is 14.2. The molecule has 0 radical (unpaired) electrons. The maximum atomic E-state index is 13.5. The Morgan fingerprint density at radius 3 is 2.52 bits per heavy atom. The molecule has 3 N–H and O–H groups in total. The van der Waals surface area contributed by atoms with Crippen LogP contribution in [-0.4, -0.2) is 38.4 Å². The average molecular weight is 322 g/mol. The number of hydrogen-bond acceptors (Lipinski definition) is 4. The van der Waals surface area contributed by atoms with E-state index in [0.717, 1.165) is 24.5 Å². The Balaban J connectivity index is 2.57. The van der Waals surface area contributed by atoms with Gasteiger partial charge in [-0.2, -0.15) is 0 Å². The Labute approximate surface area is 123 Å². The quantitative estimate of drug-likeness (QED) is 0.697. The Bertz CT molecular complexity index is 591. The molecule has 0 amide bonds. The van der Waals surface area contributed by atoms with E-state index in [9.17, 15) is 22.3 Å². The van der Waals surface area contributed by atoms with Crippen LogP contribution >= 0.6 is 0 Å². The minimum Gasteiger partial charge on any atom is -0.387 e. The molecule has 0 bridgehead atoms. The summed E-state index contributed by atoms with van der Waals surface area (Å²) in [7, 11) is -3.36. The highest BCUT2D eigenvalue weighted by Crippen LogP contribution is 2.17. The zero-order chi connectivity index (χ0) is 16.3. The molecule has 5 nitrogen and oxygen atoms in total. The van der Waals surface area contributed by atoms with Gasteiger partial charge in [0.2, 0.25) is 10.0 Å². The van der Waals surface area contributed by atoms with E-state index in [1.807, 2.05) is 0 Å². The molecule has 0 saturated carbocycles. The SMILES string of the molecule is CC(C)(CNCC(O)c1cc(F)ccc1F)NS(C)(=O)=O. The summed E-state index contributed by atoms with van der Waals surface area (Å²) in [5.41, 5.74) is -0.912. The Hall–Kier alpha value is -1.09. The van der Waals surface area contributed by atoms with Gasteiger partial charge in [0.25, 0.3) is 0 Å². The van der Waals surface area contributed by atoms with Gasteiger partial charge in [0.1, 0.15) is 11.6 Å². The van der Waals surface area contributed by atoms with E-state index in [-0.39, 0.29) is 18.7 Å². The summed E-state index contributed by atoms with van der Waals surface area (Å²) in [6.45, 7) is 3.51. The van der Waals surface area contributed by atoms with Gasteiger partial charge < -0.3 is 10.4 Å². The van der Waals surface area contributed by atoms with Crippen LogP contribution in [0.15, 0.2) is 18.2 Å². The number of nitrogens with one attached hydrogen (secondary N) is 2.